The molecule has 6 heteroatoms. The molecule has 0 spiro atoms. The van der Waals surface area contributed by atoms with E-state index in [1.165, 1.54) is 0 Å². The molecule has 1 saturated heterocycles. The smallest absolute Gasteiger partial charge is 0.223 e. The predicted octanol–water partition coefficient (Wildman–Crippen LogP) is 1.95. The molecule has 0 radical (unpaired) electrons. The van der Waals surface area contributed by atoms with Gasteiger partial charge in [0, 0.05) is 36.5 Å². The summed E-state index contributed by atoms with van der Waals surface area (Å²) >= 11 is 1.86. The number of halogens is 1. The van der Waals surface area contributed by atoms with E-state index in [9.17, 15) is 4.79 Å². The van der Waals surface area contributed by atoms with Gasteiger partial charge in [0.2, 0.25) is 5.91 Å². The number of nitrogens with one attached hydrogen (secondary N) is 1. The van der Waals surface area contributed by atoms with Gasteiger partial charge in [-0.25, -0.2) is 0 Å². The van der Waals surface area contributed by atoms with Crippen molar-refractivity contribution in [2.24, 2.45) is 11.7 Å². The minimum Gasteiger partial charge on any atom is -0.381 e. The number of hydrogen-bond donors (Lipinski definition) is 2. The molecule has 2 fully saturated rings. The number of ether oxygens (including phenoxy) is 1. The van der Waals surface area contributed by atoms with Crippen LogP contribution in [0.3, 0.4) is 0 Å². The van der Waals surface area contributed by atoms with Crippen LogP contribution < -0.4 is 11.1 Å². The molecule has 0 bridgehead atoms. The number of carbonyl (C=O) groups excluding carboxylic acids is 1. The molecule has 1 saturated carbocycles. The third-order valence-electron chi connectivity index (χ3n) is 4.51. The third-order valence-corrected chi connectivity index (χ3v) is 5.93. The summed E-state index contributed by atoms with van der Waals surface area (Å²) in [5.74, 6) is 0.331. The molecule has 1 heterocycles. The molecular weight excluding hydrogens is 296 g/mol. The van der Waals surface area contributed by atoms with E-state index in [1.54, 1.807) is 0 Å². The summed E-state index contributed by atoms with van der Waals surface area (Å²) in [6.45, 7) is 2.39. The van der Waals surface area contributed by atoms with E-state index >= 15 is 0 Å². The van der Waals surface area contributed by atoms with E-state index < -0.39 is 0 Å². The summed E-state index contributed by atoms with van der Waals surface area (Å²) in [5.41, 5.74) is 5.95. The van der Waals surface area contributed by atoms with Gasteiger partial charge in [0.25, 0.3) is 0 Å². The zero-order valence-electron chi connectivity index (χ0n) is 12.2. The Hall–Kier alpha value is 0.0300. The molecule has 4 nitrogen and oxygen atoms in total. The largest absolute Gasteiger partial charge is 0.381 e. The lowest BCUT2D eigenvalue weighted by Crippen LogP contribution is -2.46. The predicted molar refractivity (Wildman–Crippen MR) is 86.5 cm³/mol. The van der Waals surface area contributed by atoms with Crippen LogP contribution in [0.5, 0.6) is 0 Å². The molecule has 2 aliphatic rings. The van der Waals surface area contributed by atoms with E-state index in [2.05, 4.69) is 11.6 Å². The van der Waals surface area contributed by atoms with Gasteiger partial charge < -0.3 is 15.8 Å². The minimum absolute atomic E-state index is 0. The van der Waals surface area contributed by atoms with Crippen molar-refractivity contribution in [2.45, 2.75) is 49.3 Å². The zero-order chi connectivity index (χ0) is 13.7. The fourth-order valence-electron chi connectivity index (χ4n) is 3.05. The first-order valence-corrected chi connectivity index (χ1v) is 8.54. The van der Waals surface area contributed by atoms with E-state index in [0.717, 1.165) is 58.3 Å². The standard InChI is InChI=1S/C14H26N2O2S.ClH/c1-19-14(5-7-18-8-6-14)10-16-13(17)11-3-2-4-12(15)9-11;/h11-12H,2-10,15H2,1H3,(H,16,17);1H. The van der Waals surface area contributed by atoms with Crippen molar-refractivity contribution in [3.8, 4) is 0 Å². The van der Waals surface area contributed by atoms with Gasteiger partial charge in [0.1, 0.15) is 0 Å². The Balaban J connectivity index is 0.00000200. The van der Waals surface area contributed by atoms with Crippen LogP contribution in [0.2, 0.25) is 0 Å². The van der Waals surface area contributed by atoms with Crippen molar-refractivity contribution in [1.29, 1.82) is 0 Å². The van der Waals surface area contributed by atoms with Gasteiger partial charge in [-0.05, 0) is 38.4 Å². The first-order valence-electron chi connectivity index (χ1n) is 7.31. The summed E-state index contributed by atoms with van der Waals surface area (Å²) in [7, 11) is 0. The number of rotatable bonds is 4. The fraction of sp³-hybridized carbons (Fsp3) is 0.929. The molecule has 0 aromatic rings. The lowest BCUT2D eigenvalue weighted by Gasteiger charge is -2.36. The normalized spacial score (nSPS) is 29.3. The number of amides is 1. The Morgan fingerprint density at radius 2 is 2.10 bits per heavy atom. The zero-order valence-corrected chi connectivity index (χ0v) is 13.9. The first kappa shape index (κ1) is 18.1. The van der Waals surface area contributed by atoms with Crippen LogP contribution in [-0.4, -0.2) is 42.7 Å². The summed E-state index contributed by atoms with van der Waals surface area (Å²) in [4.78, 5) is 12.2. The maximum atomic E-state index is 12.2. The summed E-state index contributed by atoms with van der Waals surface area (Å²) in [6, 6.07) is 0.210. The Bertz CT molecular complexity index is 312. The molecule has 118 valence electrons. The van der Waals surface area contributed by atoms with E-state index in [1.807, 2.05) is 11.8 Å². The summed E-state index contributed by atoms with van der Waals surface area (Å²) in [6.07, 6.45) is 8.18. The summed E-state index contributed by atoms with van der Waals surface area (Å²) in [5, 5.41) is 3.16. The molecular formula is C14H27ClN2O2S. The molecule has 1 aliphatic carbocycles. The molecule has 0 aromatic carbocycles. The molecule has 1 aliphatic heterocycles. The highest BCUT2D eigenvalue weighted by Gasteiger charge is 2.33. The first-order chi connectivity index (χ1) is 9.15. The number of nitrogens with two attached hydrogens (primary N) is 1. The molecule has 0 aromatic heterocycles. The molecule has 2 unspecified atom stereocenters. The van der Waals surface area contributed by atoms with Crippen molar-refractivity contribution in [3.63, 3.8) is 0 Å². The van der Waals surface area contributed by atoms with Crippen LogP contribution in [0, 0.1) is 5.92 Å². The molecule has 20 heavy (non-hydrogen) atoms. The second-order valence-electron chi connectivity index (χ2n) is 5.84. The second-order valence-corrected chi connectivity index (χ2v) is 7.12. The van der Waals surface area contributed by atoms with Crippen molar-refractivity contribution in [3.05, 3.63) is 0 Å². The van der Waals surface area contributed by atoms with Gasteiger partial charge >= 0.3 is 0 Å². The van der Waals surface area contributed by atoms with Crippen LogP contribution in [0.4, 0.5) is 0 Å². The fourth-order valence-corrected chi connectivity index (χ4v) is 3.85. The van der Waals surface area contributed by atoms with Crippen LogP contribution in [-0.2, 0) is 9.53 Å². The maximum Gasteiger partial charge on any atom is 0.223 e. The quantitative estimate of drug-likeness (QED) is 0.830. The van der Waals surface area contributed by atoms with Crippen molar-refractivity contribution in [1.82, 2.24) is 5.32 Å². The molecule has 2 rings (SSSR count). The van der Waals surface area contributed by atoms with E-state index in [-0.39, 0.29) is 35.0 Å². The van der Waals surface area contributed by atoms with Gasteiger partial charge in [-0.15, -0.1) is 12.4 Å². The van der Waals surface area contributed by atoms with Crippen molar-refractivity contribution in [2.75, 3.05) is 26.0 Å². The Morgan fingerprint density at radius 1 is 1.40 bits per heavy atom. The molecule has 3 N–H and O–H groups in total. The van der Waals surface area contributed by atoms with E-state index in [0.29, 0.717) is 0 Å². The van der Waals surface area contributed by atoms with Gasteiger partial charge in [-0.1, -0.05) is 6.42 Å². The van der Waals surface area contributed by atoms with Crippen molar-refractivity contribution >= 4 is 30.1 Å². The number of carbonyl (C=O) groups is 1. The number of hydrogen-bond acceptors (Lipinski definition) is 4. The topological polar surface area (TPSA) is 64.4 Å². The Morgan fingerprint density at radius 3 is 2.70 bits per heavy atom. The van der Waals surface area contributed by atoms with Crippen LogP contribution in [0.1, 0.15) is 38.5 Å². The SMILES string of the molecule is CSC1(CNC(=O)C2CCCC(N)C2)CCOCC1.Cl. The highest BCUT2D eigenvalue weighted by molar-refractivity contribution is 8.00. The van der Waals surface area contributed by atoms with Gasteiger partial charge in [0.05, 0.1) is 0 Å². The van der Waals surface area contributed by atoms with Crippen LogP contribution >= 0.6 is 24.2 Å². The Kier molecular flexibility index (Phi) is 7.65. The van der Waals surface area contributed by atoms with Crippen LogP contribution in [0.25, 0.3) is 0 Å². The van der Waals surface area contributed by atoms with E-state index in [4.69, 9.17) is 10.5 Å². The number of thioether (sulfide) groups is 1. The molecule has 2 atom stereocenters. The second kappa shape index (κ2) is 8.47. The highest BCUT2D eigenvalue weighted by Crippen LogP contribution is 2.33. The lowest BCUT2D eigenvalue weighted by atomic mass is 9.85. The monoisotopic (exact) mass is 322 g/mol. The minimum atomic E-state index is 0. The lowest BCUT2D eigenvalue weighted by molar-refractivity contribution is -0.126. The van der Waals surface area contributed by atoms with Gasteiger partial charge in [-0.2, -0.15) is 11.8 Å². The average Bonchev–Trinajstić information content (AvgIpc) is 2.46. The third kappa shape index (κ3) is 4.79. The van der Waals surface area contributed by atoms with Gasteiger partial charge in [0.15, 0.2) is 0 Å². The average molecular weight is 323 g/mol. The van der Waals surface area contributed by atoms with Gasteiger partial charge in [-0.3, -0.25) is 4.79 Å². The maximum absolute atomic E-state index is 12.2. The highest BCUT2D eigenvalue weighted by atomic mass is 35.5. The molecule has 1 amide bonds. The Labute approximate surface area is 132 Å². The summed E-state index contributed by atoms with van der Waals surface area (Å²) < 4.78 is 5.59. The van der Waals surface area contributed by atoms with Crippen LogP contribution in [0.15, 0.2) is 0 Å². The van der Waals surface area contributed by atoms with Crippen molar-refractivity contribution < 1.29 is 9.53 Å².